The van der Waals surface area contributed by atoms with Crippen molar-refractivity contribution in [2.75, 3.05) is 0 Å². The Labute approximate surface area is 332 Å². The summed E-state index contributed by atoms with van der Waals surface area (Å²) in [6.07, 6.45) is -0.351. The Bertz CT molecular complexity index is 3320. The molecule has 2 atom stereocenters. The van der Waals surface area contributed by atoms with Crippen molar-refractivity contribution in [2.24, 2.45) is 4.99 Å². The molecule has 0 fully saturated rings. The van der Waals surface area contributed by atoms with Crippen molar-refractivity contribution in [1.29, 1.82) is 0 Å². The number of fused-ring (bicyclic) bond motifs is 9. The SMILES string of the molecule is c1ccc(C2=NC(c3cccc4sc5cc(-c6cccc7c6oc6cccc(-n8c9ccccc9c9ccccc98)c67)ccc5c34)NC(c3ccccc3)N2)cc1. The summed E-state index contributed by atoms with van der Waals surface area (Å²) in [6.45, 7) is 0. The molecule has 57 heavy (non-hydrogen) atoms. The van der Waals surface area contributed by atoms with Crippen molar-refractivity contribution in [2.45, 2.75) is 12.3 Å². The van der Waals surface area contributed by atoms with Crippen LogP contribution < -0.4 is 10.6 Å². The van der Waals surface area contributed by atoms with Crippen LogP contribution in [0.5, 0.6) is 0 Å². The van der Waals surface area contributed by atoms with Gasteiger partial charge in [0.25, 0.3) is 0 Å². The molecule has 5 nitrogen and oxygen atoms in total. The van der Waals surface area contributed by atoms with Crippen LogP contribution in [-0.4, -0.2) is 10.4 Å². The van der Waals surface area contributed by atoms with E-state index in [1.165, 1.54) is 53.1 Å². The summed E-state index contributed by atoms with van der Waals surface area (Å²) in [6, 6.07) is 64.8. The minimum atomic E-state index is -0.249. The van der Waals surface area contributed by atoms with E-state index in [4.69, 9.17) is 9.41 Å². The molecule has 0 radical (unpaired) electrons. The molecule has 11 aromatic rings. The smallest absolute Gasteiger partial charge is 0.143 e. The highest BCUT2D eigenvalue weighted by molar-refractivity contribution is 7.25. The number of nitrogens with zero attached hydrogens (tertiary/aromatic N) is 2. The van der Waals surface area contributed by atoms with Crippen LogP contribution in [0.4, 0.5) is 0 Å². The minimum Gasteiger partial charge on any atom is -0.455 e. The predicted molar refractivity (Wildman–Crippen MR) is 238 cm³/mol. The van der Waals surface area contributed by atoms with Crippen LogP contribution in [0.15, 0.2) is 191 Å². The van der Waals surface area contributed by atoms with E-state index in [-0.39, 0.29) is 12.3 Å². The molecule has 0 spiro atoms. The van der Waals surface area contributed by atoms with Crippen LogP contribution in [0, 0.1) is 0 Å². The Morgan fingerprint density at radius 3 is 2.05 bits per heavy atom. The van der Waals surface area contributed by atoms with Crippen molar-refractivity contribution >= 4 is 81.1 Å². The molecule has 2 unspecified atom stereocenters. The number of furan rings is 1. The number of para-hydroxylation sites is 3. The van der Waals surface area contributed by atoms with Crippen molar-refractivity contribution in [3.05, 3.63) is 199 Å². The van der Waals surface area contributed by atoms with E-state index < -0.39 is 0 Å². The van der Waals surface area contributed by atoms with Crippen LogP contribution in [0.1, 0.15) is 29.0 Å². The maximum absolute atomic E-state index is 6.82. The molecular weight excluding hydrogens is 717 g/mol. The van der Waals surface area contributed by atoms with Crippen molar-refractivity contribution in [1.82, 2.24) is 15.2 Å². The zero-order valence-corrected chi connectivity index (χ0v) is 31.5. The highest BCUT2D eigenvalue weighted by Crippen LogP contribution is 2.44. The lowest BCUT2D eigenvalue weighted by Gasteiger charge is -2.32. The number of nitrogens with one attached hydrogen (secondary N) is 2. The molecule has 4 heterocycles. The first-order valence-electron chi connectivity index (χ1n) is 19.4. The summed E-state index contributed by atoms with van der Waals surface area (Å²) in [4.78, 5) is 5.30. The monoisotopic (exact) mass is 750 g/mol. The zero-order chi connectivity index (χ0) is 37.5. The van der Waals surface area contributed by atoms with E-state index in [2.05, 4.69) is 191 Å². The van der Waals surface area contributed by atoms with E-state index in [1.807, 2.05) is 17.4 Å². The maximum Gasteiger partial charge on any atom is 0.143 e. The lowest BCUT2D eigenvalue weighted by molar-refractivity contribution is 0.410. The zero-order valence-electron chi connectivity index (χ0n) is 30.7. The molecule has 0 saturated heterocycles. The van der Waals surface area contributed by atoms with Gasteiger partial charge in [0.1, 0.15) is 29.3 Å². The number of thiophene rings is 1. The molecule has 0 aliphatic carbocycles. The Morgan fingerprint density at radius 1 is 0.544 bits per heavy atom. The summed E-state index contributed by atoms with van der Waals surface area (Å²) in [5.74, 6) is 0.882. The summed E-state index contributed by atoms with van der Waals surface area (Å²) in [5.41, 5.74) is 10.9. The summed E-state index contributed by atoms with van der Waals surface area (Å²) in [7, 11) is 0. The van der Waals surface area contributed by atoms with Gasteiger partial charge >= 0.3 is 0 Å². The van der Waals surface area contributed by atoms with E-state index in [0.29, 0.717) is 0 Å². The third-order valence-electron chi connectivity index (χ3n) is 11.5. The molecule has 0 amide bonds. The average Bonchev–Trinajstić information content (AvgIpc) is 3.96. The molecule has 1 aliphatic rings. The molecule has 8 aromatic carbocycles. The molecule has 3 aromatic heterocycles. The average molecular weight is 751 g/mol. The predicted octanol–water partition coefficient (Wildman–Crippen LogP) is 13.1. The van der Waals surface area contributed by atoms with E-state index in [1.54, 1.807) is 0 Å². The highest BCUT2D eigenvalue weighted by atomic mass is 32.1. The van der Waals surface area contributed by atoms with Crippen LogP contribution >= 0.6 is 11.3 Å². The Morgan fingerprint density at radius 2 is 1.25 bits per heavy atom. The van der Waals surface area contributed by atoms with Gasteiger partial charge in [0.05, 0.1) is 22.1 Å². The Hall–Kier alpha value is -6.99. The van der Waals surface area contributed by atoms with Crippen LogP contribution in [0.25, 0.3) is 80.7 Å². The number of amidine groups is 1. The second-order valence-corrected chi connectivity index (χ2v) is 15.8. The van der Waals surface area contributed by atoms with Gasteiger partial charge < -0.3 is 14.3 Å². The van der Waals surface area contributed by atoms with Gasteiger partial charge in [-0.15, -0.1) is 11.3 Å². The van der Waals surface area contributed by atoms with Gasteiger partial charge in [-0.2, -0.15) is 0 Å². The number of aromatic nitrogens is 1. The molecule has 270 valence electrons. The number of rotatable bonds is 5. The molecular formula is C51H34N4OS. The standard InChI is InChI=1S/C51H34N4OS/c1-3-14-31(15-4-1)49-52-50(32-16-5-2-6-17-32)54-51(53-49)39-22-12-27-44-46(39)37-29-28-33(30-45(37)57-44)34-20-11-21-38-47-42(25-13-26-43(47)56-48(34)38)55-40-23-9-7-18-35(40)36-19-8-10-24-41(36)55/h1-30,49,51,53H,(H,52,54). The highest BCUT2D eigenvalue weighted by Gasteiger charge is 2.27. The third-order valence-corrected chi connectivity index (χ3v) is 12.6. The first-order chi connectivity index (χ1) is 28.3. The Kier molecular flexibility index (Phi) is 7.24. The second kappa shape index (κ2) is 12.8. The van der Waals surface area contributed by atoms with Crippen LogP contribution in [0.2, 0.25) is 0 Å². The number of aliphatic imine (C=N–C) groups is 1. The third kappa shape index (κ3) is 5.08. The van der Waals surface area contributed by atoms with Gasteiger partial charge in [-0.3, -0.25) is 5.32 Å². The molecule has 2 N–H and O–H groups in total. The quantitative estimate of drug-likeness (QED) is 0.184. The maximum atomic E-state index is 6.82. The van der Waals surface area contributed by atoms with Crippen LogP contribution in [-0.2, 0) is 0 Å². The summed E-state index contributed by atoms with van der Waals surface area (Å²) in [5, 5.41) is 14.7. The normalized spacial score (nSPS) is 15.9. The fourth-order valence-corrected chi connectivity index (χ4v) is 10.1. The Balaban J connectivity index is 0.996. The van der Waals surface area contributed by atoms with Gasteiger partial charge in [-0.1, -0.05) is 146 Å². The second-order valence-electron chi connectivity index (χ2n) is 14.7. The van der Waals surface area contributed by atoms with Crippen molar-refractivity contribution < 1.29 is 4.42 Å². The molecule has 0 saturated carbocycles. The molecule has 6 heteroatoms. The van der Waals surface area contributed by atoms with E-state index in [0.717, 1.165) is 50.2 Å². The number of benzene rings is 8. The first kappa shape index (κ1) is 32.3. The number of hydrogen-bond acceptors (Lipinski definition) is 5. The van der Waals surface area contributed by atoms with Crippen molar-refractivity contribution in [3.8, 4) is 16.8 Å². The van der Waals surface area contributed by atoms with Crippen molar-refractivity contribution in [3.63, 3.8) is 0 Å². The van der Waals surface area contributed by atoms with Crippen LogP contribution in [0.3, 0.4) is 0 Å². The lowest BCUT2D eigenvalue weighted by Crippen LogP contribution is -2.44. The molecule has 0 bridgehead atoms. The topological polar surface area (TPSA) is 54.5 Å². The summed E-state index contributed by atoms with van der Waals surface area (Å²) >= 11 is 1.83. The largest absolute Gasteiger partial charge is 0.455 e. The summed E-state index contributed by atoms with van der Waals surface area (Å²) < 4.78 is 11.7. The minimum absolute atomic E-state index is 0.101. The molecule has 1 aliphatic heterocycles. The van der Waals surface area contributed by atoms with Gasteiger partial charge in [0.2, 0.25) is 0 Å². The van der Waals surface area contributed by atoms with E-state index in [9.17, 15) is 0 Å². The first-order valence-corrected chi connectivity index (χ1v) is 20.2. The van der Waals surface area contributed by atoms with Gasteiger partial charge in [-0.25, -0.2) is 4.99 Å². The number of hydrogen-bond donors (Lipinski definition) is 2. The van der Waals surface area contributed by atoms with Gasteiger partial charge in [-0.05, 0) is 47.5 Å². The fraction of sp³-hybridized carbons (Fsp3) is 0.0392. The van der Waals surface area contributed by atoms with Gasteiger partial charge in [0, 0.05) is 53.0 Å². The fourth-order valence-electron chi connectivity index (χ4n) is 8.95. The molecule has 12 rings (SSSR count). The van der Waals surface area contributed by atoms with E-state index >= 15 is 0 Å². The van der Waals surface area contributed by atoms with Gasteiger partial charge in [0.15, 0.2) is 0 Å². The lowest BCUT2D eigenvalue weighted by atomic mass is 9.98.